The van der Waals surface area contributed by atoms with Crippen LogP contribution in [0.25, 0.3) is 0 Å². The lowest BCUT2D eigenvalue weighted by Crippen LogP contribution is -2.28. The van der Waals surface area contributed by atoms with Crippen molar-refractivity contribution in [3.8, 4) is 0 Å². The maximum absolute atomic E-state index is 3.76. The molecule has 1 N–H and O–H groups in total. The van der Waals surface area contributed by atoms with Crippen LogP contribution in [0.4, 0.5) is 0 Å². The van der Waals surface area contributed by atoms with Crippen molar-refractivity contribution in [2.75, 3.05) is 0 Å². The Balaban J connectivity index is 2.29. The molecule has 1 aromatic rings. The maximum atomic E-state index is 3.76. The van der Waals surface area contributed by atoms with Gasteiger partial charge in [0.2, 0.25) is 0 Å². The molecule has 1 heterocycles. The quantitative estimate of drug-likeness (QED) is 0.475. The SMILES string of the molecule is CCCCCC(CCCCC)NCc1cc(Br)cs1. The molecule has 0 amide bonds. The van der Waals surface area contributed by atoms with E-state index in [2.05, 4.69) is 46.5 Å². The molecule has 0 unspecified atom stereocenters. The molecule has 0 atom stereocenters. The van der Waals surface area contributed by atoms with E-state index in [4.69, 9.17) is 0 Å². The third kappa shape index (κ3) is 8.11. The van der Waals surface area contributed by atoms with E-state index in [1.807, 2.05) is 11.3 Å². The zero-order chi connectivity index (χ0) is 13.9. The summed E-state index contributed by atoms with van der Waals surface area (Å²) in [6.45, 7) is 5.59. The molecule has 0 radical (unpaired) electrons. The van der Waals surface area contributed by atoms with Crippen molar-refractivity contribution in [3.63, 3.8) is 0 Å². The first kappa shape index (κ1) is 17.2. The van der Waals surface area contributed by atoms with Crippen LogP contribution in [-0.2, 0) is 6.54 Å². The van der Waals surface area contributed by atoms with E-state index in [1.165, 1.54) is 60.7 Å². The average Bonchev–Trinajstić information content (AvgIpc) is 2.81. The van der Waals surface area contributed by atoms with Gasteiger partial charge in [-0.2, -0.15) is 0 Å². The molecule has 0 spiro atoms. The van der Waals surface area contributed by atoms with Crippen molar-refractivity contribution >= 4 is 27.3 Å². The van der Waals surface area contributed by atoms with Crippen LogP contribution in [0.15, 0.2) is 15.9 Å². The molecule has 1 rings (SSSR count). The monoisotopic (exact) mass is 345 g/mol. The number of nitrogens with one attached hydrogen (secondary N) is 1. The Hall–Kier alpha value is 0.140. The number of unbranched alkanes of at least 4 members (excludes halogenated alkanes) is 4. The van der Waals surface area contributed by atoms with Crippen LogP contribution in [0.2, 0.25) is 0 Å². The fourth-order valence-electron chi connectivity index (χ4n) is 2.32. The Morgan fingerprint density at radius 2 is 1.74 bits per heavy atom. The minimum absolute atomic E-state index is 0.707. The molecule has 0 bridgehead atoms. The zero-order valence-corrected chi connectivity index (χ0v) is 14.8. The first-order valence-electron chi connectivity index (χ1n) is 7.72. The van der Waals surface area contributed by atoms with E-state index in [1.54, 1.807) is 0 Å². The summed E-state index contributed by atoms with van der Waals surface area (Å²) in [7, 11) is 0. The second kappa shape index (κ2) is 10.9. The minimum Gasteiger partial charge on any atom is -0.309 e. The van der Waals surface area contributed by atoms with Gasteiger partial charge in [0.1, 0.15) is 0 Å². The van der Waals surface area contributed by atoms with Gasteiger partial charge in [-0.1, -0.05) is 52.4 Å². The average molecular weight is 346 g/mol. The van der Waals surface area contributed by atoms with Crippen molar-refractivity contribution in [1.29, 1.82) is 0 Å². The van der Waals surface area contributed by atoms with Crippen molar-refractivity contribution in [3.05, 3.63) is 20.8 Å². The van der Waals surface area contributed by atoms with E-state index >= 15 is 0 Å². The molecule has 0 aliphatic rings. The molecule has 0 aliphatic carbocycles. The lowest BCUT2D eigenvalue weighted by Gasteiger charge is -2.18. The molecule has 0 aromatic carbocycles. The van der Waals surface area contributed by atoms with Gasteiger partial charge in [0.15, 0.2) is 0 Å². The summed E-state index contributed by atoms with van der Waals surface area (Å²) in [6.07, 6.45) is 10.8. The van der Waals surface area contributed by atoms with E-state index in [9.17, 15) is 0 Å². The van der Waals surface area contributed by atoms with Gasteiger partial charge < -0.3 is 5.32 Å². The van der Waals surface area contributed by atoms with Crippen LogP contribution >= 0.6 is 27.3 Å². The summed E-state index contributed by atoms with van der Waals surface area (Å²) in [5.74, 6) is 0. The molecule has 0 aliphatic heterocycles. The number of rotatable bonds is 11. The predicted molar refractivity (Wildman–Crippen MR) is 90.9 cm³/mol. The summed E-state index contributed by atoms with van der Waals surface area (Å²) in [6, 6.07) is 2.94. The lowest BCUT2D eigenvalue weighted by molar-refractivity contribution is 0.419. The Bertz CT molecular complexity index is 314. The fourth-order valence-corrected chi connectivity index (χ4v) is 3.72. The van der Waals surface area contributed by atoms with Gasteiger partial charge in [0, 0.05) is 27.3 Å². The molecule has 110 valence electrons. The highest BCUT2D eigenvalue weighted by molar-refractivity contribution is 9.10. The highest BCUT2D eigenvalue weighted by atomic mass is 79.9. The van der Waals surface area contributed by atoms with Crippen molar-refractivity contribution in [2.24, 2.45) is 0 Å². The molecule has 0 saturated heterocycles. The number of halogens is 1. The molecule has 1 aromatic heterocycles. The van der Waals surface area contributed by atoms with E-state index in [0.717, 1.165) is 6.54 Å². The van der Waals surface area contributed by atoms with Crippen LogP contribution in [-0.4, -0.2) is 6.04 Å². The predicted octanol–water partition coefficient (Wildman–Crippen LogP) is 6.13. The smallest absolute Gasteiger partial charge is 0.0302 e. The zero-order valence-electron chi connectivity index (χ0n) is 12.4. The third-order valence-electron chi connectivity index (χ3n) is 3.50. The summed E-state index contributed by atoms with van der Waals surface area (Å²) >= 11 is 5.36. The Morgan fingerprint density at radius 3 is 2.21 bits per heavy atom. The topological polar surface area (TPSA) is 12.0 Å². The largest absolute Gasteiger partial charge is 0.309 e. The first-order chi connectivity index (χ1) is 9.26. The molecule has 0 fully saturated rings. The van der Waals surface area contributed by atoms with Crippen LogP contribution < -0.4 is 5.32 Å². The second-order valence-electron chi connectivity index (χ2n) is 5.30. The Morgan fingerprint density at radius 1 is 1.11 bits per heavy atom. The van der Waals surface area contributed by atoms with Gasteiger partial charge in [-0.15, -0.1) is 11.3 Å². The van der Waals surface area contributed by atoms with Crippen molar-refractivity contribution in [1.82, 2.24) is 5.32 Å². The van der Waals surface area contributed by atoms with Crippen LogP contribution in [0.3, 0.4) is 0 Å². The minimum atomic E-state index is 0.707. The fraction of sp³-hybridized carbons (Fsp3) is 0.750. The van der Waals surface area contributed by atoms with Crippen LogP contribution in [0, 0.1) is 0 Å². The highest BCUT2D eigenvalue weighted by Gasteiger charge is 2.08. The van der Waals surface area contributed by atoms with E-state index in [0.29, 0.717) is 6.04 Å². The molecular formula is C16H28BrNS. The number of hydrogen-bond acceptors (Lipinski definition) is 2. The van der Waals surface area contributed by atoms with Crippen LogP contribution in [0.5, 0.6) is 0 Å². The van der Waals surface area contributed by atoms with Gasteiger partial charge in [-0.05, 0) is 34.8 Å². The molecule has 3 heteroatoms. The number of thiophene rings is 1. The summed E-state index contributed by atoms with van der Waals surface area (Å²) in [5.41, 5.74) is 0. The normalized spacial score (nSPS) is 11.4. The van der Waals surface area contributed by atoms with Crippen LogP contribution in [0.1, 0.15) is 70.1 Å². The van der Waals surface area contributed by atoms with Gasteiger partial charge in [-0.3, -0.25) is 0 Å². The highest BCUT2D eigenvalue weighted by Crippen LogP contribution is 2.20. The molecule has 1 nitrogen and oxygen atoms in total. The second-order valence-corrected chi connectivity index (χ2v) is 7.21. The Kier molecular flexibility index (Phi) is 9.84. The van der Waals surface area contributed by atoms with E-state index < -0.39 is 0 Å². The third-order valence-corrected chi connectivity index (χ3v) is 5.20. The van der Waals surface area contributed by atoms with Gasteiger partial charge in [-0.25, -0.2) is 0 Å². The van der Waals surface area contributed by atoms with Crippen molar-refractivity contribution < 1.29 is 0 Å². The van der Waals surface area contributed by atoms with Gasteiger partial charge >= 0.3 is 0 Å². The lowest BCUT2D eigenvalue weighted by atomic mass is 10.0. The Labute approximate surface area is 131 Å². The molecular weight excluding hydrogens is 318 g/mol. The summed E-state index contributed by atoms with van der Waals surface area (Å²) in [4.78, 5) is 1.43. The molecule has 19 heavy (non-hydrogen) atoms. The number of hydrogen-bond donors (Lipinski definition) is 1. The standard InChI is InChI=1S/C16H28BrNS/c1-3-5-7-9-15(10-8-6-4-2)18-12-16-11-14(17)13-19-16/h11,13,15,18H,3-10,12H2,1-2H3. The van der Waals surface area contributed by atoms with Gasteiger partial charge in [0.25, 0.3) is 0 Å². The molecule has 0 saturated carbocycles. The van der Waals surface area contributed by atoms with Gasteiger partial charge in [0.05, 0.1) is 0 Å². The maximum Gasteiger partial charge on any atom is 0.0302 e. The van der Waals surface area contributed by atoms with Crippen molar-refractivity contribution in [2.45, 2.75) is 77.8 Å². The first-order valence-corrected chi connectivity index (χ1v) is 9.39. The summed E-state index contributed by atoms with van der Waals surface area (Å²) in [5, 5.41) is 5.92. The summed E-state index contributed by atoms with van der Waals surface area (Å²) < 4.78 is 1.21. The van der Waals surface area contributed by atoms with E-state index in [-0.39, 0.29) is 0 Å².